The predicted octanol–water partition coefficient (Wildman–Crippen LogP) is 0.411. The summed E-state index contributed by atoms with van der Waals surface area (Å²) in [6, 6.07) is 3.85. The van der Waals surface area contributed by atoms with E-state index in [1.54, 1.807) is 0 Å². The first-order valence-electron chi connectivity index (χ1n) is 5.97. The van der Waals surface area contributed by atoms with Crippen LogP contribution in [0.15, 0.2) is 18.2 Å². The monoisotopic (exact) mass is 285 g/mol. The summed E-state index contributed by atoms with van der Waals surface area (Å²) in [5, 5.41) is 2.59. The molecule has 0 unspecified atom stereocenters. The number of benzene rings is 1. The number of nitrogens with one attached hydrogen (secondary N) is 1. The molecule has 0 bridgehead atoms. The predicted molar refractivity (Wildman–Crippen MR) is 73.8 cm³/mol. The SMILES string of the molecule is Nc1ccc(F)cc1NC(=O)CN1CCS(=O)CC1. The third-order valence-electron chi connectivity index (χ3n) is 2.93. The van der Waals surface area contributed by atoms with Crippen LogP contribution in [0.1, 0.15) is 0 Å². The Bertz CT molecular complexity index is 500. The van der Waals surface area contributed by atoms with E-state index in [0.717, 1.165) is 0 Å². The molecule has 5 nitrogen and oxygen atoms in total. The summed E-state index contributed by atoms with van der Waals surface area (Å²) >= 11 is 0. The molecule has 1 aliphatic heterocycles. The van der Waals surface area contributed by atoms with Gasteiger partial charge in [0.1, 0.15) is 5.82 Å². The van der Waals surface area contributed by atoms with E-state index < -0.39 is 16.6 Å². The zero-order valence-electron chi connectivity index (χ0n) is 10.4. The van der Waals surface area contributed by atoms with E-state index in [1.807, 2.05) is 4.90 Å². The van der Waals surface area contributed by atoms with Gasteiger partial charge in [0.05, 0.1) is 17.9 Å². The Morgan fingerprint density at radius 1 is 1.42 bits per heavy atom. The second-order valence-electron chi connectivity index (χ2n) is 4.40. The highest BCUT2D eigenvalue weighted by molar-refractivity contribution is 7.85. The summed E-state index contributed by atoms with van der Waals surface area (Å²) in [6.07, 6.45) is 0. The molecule has 104 valence electrons. The lowest BCUT2D eigenvalue weighted by Gasteiger charge is -2.25. The molecule has 3 N–H and O–H groups in total. The summed E-state index contributed by atoms with van der Waals surface area (Å²) < 4.78 is 24.2. The van der Waals surface area contributed by atoms with Gasteiger partial charge in [0.2, 0.25) is 5.91 Å². The first-order valence-corrected chi connectivity index (χ1v) is 7.45. The number of anilines is 2. The number of amides is 1. The fourth-order valence-electron chi connectivity index (χ4n) is 1.86. The van der Waals surface area contributed by atoms with Gasteiger partial charge in [-0.1, -0.05) is 0 Å². The Kier molecular flexibility index (Phi) is 4.49. The van der Waals surface area contributed by atoms with Crippen LogP contribution in [0, 0.1) is 5.82 Å². The smallest absolute Gasteiger partial charge is 0.238 e. The minimum Gasteiger partial charge on any atom is -0.397 e. The molecule has 2 rings (SSSR count). The van der Waals surface area contributed by atoms with Gasteiger partial charge in [0.25, 0.3) is 0 Å². The molecule has 1 saturated heterocycles. The standard InChI is InChI=1S/C12H16FN3O2S/c13-9-1-2-10(14)11(7-9)15-12(17)8-16-3-5-19(18)6-4-16/h1-2,7H,3-6,8,14H2,(H,15,17). The van der Waals surface area contributed by atoms with Crippen molar-refractivity contribution in [3.8, 4) is 0 Å². The molecule has 1 aromatic carbocycles. The van der Waals surface area contributed by atoms with Gasteiger partial charge in [-0.3, -0.25) is 13.9 Å². The van der Waals surface area contributed by atoms with E-state index in [4.69, 9.17) is 5.73 Å². The van der Waals surface area contributed by atoms with Gasteiger partial charge in [-0.2, -0.15) is 0 Å². The summed E-state index contributed by atoms with van der Waals surface area (Å²) in [5.41, 5.74) is 6.27. The lowest BCUT2D eigenvalue weighted by Crippen LogP contribution is -2.42. The molecule has 1 amide bonds. The Morgan fingerprint density at radius 2 is 2.11 bits per heavy atom. The number of carbonyl (C=O) groups is 1. The maximum absolute atomic E-state index is 13.0. The summed E-state index contributed by atoms with van der Waals surface area (Å²) in [4.78, 5) is 13.7. The Hall–Kier alpha value is -1.47. The van der Waals surface area contributed by atoms with Gasteiger partial charge in [-0.25, -0.2) is 4.39 Å². The number of nitrogens with zero attached hydrogens (tertiary/aromatic N) is 1. The van der Waals surface area contributed by atoms with Gasteiger partial charge in [-0.15, -0.1) is 0 Å². The summed E-state index contributed by atoms with van der Waals surface area (Å²) in [6.45, 7) is 1.48. The first kappa shape index (κ1) is 14.0. The summed E-state index contributed by atoms with van der Waals surface area (Å²) in [5.74, 6) is 0.493. The van der Waals surface area contributed by atoms with E-state index in [0.29, 0.717) is 30.3 Å². The number of halogens is 1. The van der Waals surface area contributed by atoms with Crippen molar-refractivity contribution in [2.45, 2.75) is 0 Å². The minimum atomic E-state index is -0.763. The zero-order valence-corrected chi connectivity index (χ0v) is 11.2. The molecule has 0 radical (unpaired) electrons. The normalized spacial score (nSPS) is 17.3. The van der Waals surface area contributed by atoms with Gasteiger partial charge >= 0.3 is 0 Å². The number of rotatable bonds is 3. The van der Waals surface area contributed by atoms with Crippen LogP contribution in [0.5, 0.6) is 0 Å². The Morgan fingerprint density at radius 3 is 2.79 bits per heavy atom. The van der Waals surface area contributed by atoms with Crippen molar-refractivity contribution >= 4 is 28.1 Å². The minimum absolute atomic E-state index is 0.202. The molecular formula is C12H16FN3O2S. The van der Waals surface area contributed by atoms with Gasteiger partial charge in [0.15, 0.2) is 0 Å². The lowest BCUT2D eigenvalue weighted by molar-refractivity contribution is -0.117. The van der Waals surface area contributed by atoms with Crippen LogP contribution in [0.2, 0.25) is 0 Å². The molecule has 0 saturated carbocycles. The second kappa shape index (κ2) is 6.12. The lowest BCUT2D eigenvalue weighted by atomic mass is 10.2. The van der Waals surface area contributed by atoms with E-state index in [9.17, 15) is 13.4 Å². The average Bonchev–Trinajstić information content (AvgIpc) is 2.37. The van der Waals surface area contributed by atoms with Crippen LogP contribution in [0.4, 0.5) is 15.8 Å². The third-order valence-corrected chi connectivity index (χ3v) is 4.20. The van der Waals surface area contributed by atoms with Crippen LogP contribution < -0.4 is 11.1 Å². The van der Waals surface area contributed by atoms with E-state index in [2.05, 4.69) is 5.32 Å². The van der Waals surface area contributed by atoms with Crippen molar-refractivity contribution in [1.82, 2.24) is 4.90 Å². The van der Waals surface area contributed by atoms with Crippen molar-refractivity contribution in [2.75, 3.05) is 42.2 Å². The number of nitrogens with two attached hydrogens (primary N) is 1. The first-order chi connectivity index (χ1) is 9.04. The van der Waals surface area contributed by atoms with Gasteiger partial charge < -0.3 is 11.1 Å². The average molecular weight is 285 g/mol. The number of carbonyl (C=O) groups excluding carboxylic acids is 1. The van der Waals surface area contributed by atoms with Crippen LogP contribution >= 0.6 is 0 Å². The van der Waals surface area contributed by atoms with Crippen molar-refractivity contribution in [2.24, 2.45) is 0 Å². The molecule has 0 atom stereocenters. The van der Waals surface area contributed by atoms with Gasteiger partial charge in [0, 0.05) is 35.4 Å². The van der Waals surface area contributed by atoms with Gasteiger partial charge in [-0.05, 0) is 18.2 Å². The highest BCUT2D eigenvalue weighted by Gasteiger charge is 2.18. The van der Waals surface area contributed by atoms with Crippen molar-refractivity contribution < 1.29 is 13.4 Å². The van der Waals surface area contributed by atoms with Crippen LogP contribution in [0.3, 0.4) is 0 Å². The van der Waals surface area contributed by atoms with Crippen molar-refractivity contribution in [3.63, 3.8) is 0 Å². The third kappa shape index (κ3) is 4.00. The van der Waals surface area contributed by atoms with Crippen molar-refractivity contribution in [3.05, 3.63) is 24.0 Å². The maximum Gasteiger partial charge on any atom is 0.238 e. The Labute approximate surface area is 113 Å². The molecule has 0 spiro atoms. The van der Waals surface area contributed by atoms with Crippen LogP contribution in [0.25, 0.3) is 0 Å². The zero-order chi connectivity index (χ0) is 13.8. The second-order valence-corrected chi connectivity index (χ2v) is 6.10. The van der Waals surface area contributed by atoms with E-state index in [-0.39, 0.29) is 18.1 Å². The number of hydrogen-bond acceptors (Lipinski definition) is 4. The molecule has 0 aliphatic carbocycles. The Balaban J connectivity index is 1.90. The fourth-order valence-corrected chi connectivity index (χ4v) is 2.99. The molecule has 1 aromatic rings. The fraction of sp³-hybridized carbons (Fsp3) is 0.417. The van der Waals surface area contributed by atoms with Crippen molar-refractivity contribution in [1.29, 1.82) is 0 Å². The van der Waals surface area contributed by atoms with E-state index in [1.165, 1.54) is 18.2 Å². The van der Waals surface area contributed by atoms with Crippen LogP contribution in [-0.4, -0.2) is 46.2 Å². The molecule has 1 heterocycles. The van der Waals surface area contributed by atoms with Crippen LogP contribution in [-0.2, 0) is 15.6 Å². The summed E-state index contributed by atoms with van der Waals surface area (Å²) in [7, 11) is -0.763. The number of nitrogen functional groups attached to an aromatic ring is 1. The molecule has 1 aliphatic rings. The largest absolute Gasteiger partial charge is 0.397 e. The molecular weight excluding hydrogens is 269 g/mol. The van der Waals surface area contributed by atoms with E-state index >= 15 is 0 Å². The highest BCUT2D eigenvalue weighted by atomic mass is 32.2. The molecule has 1 fully saturated rings. The maximum atomic E-state index is 13.0. The topological polar surface area (TPSA) is 75.4 Å². The molecule has 19 heavy (non-hydrogen) atoms. The number of hydrogen-bond donors (Lipinski definition) is 2. The molecule has 7 heteroatoms. The quantitative estimate of drug-likeness (QED) is 0.789. The highest BCUT2D eigenvalue weighted by Crippen LogP contribution is 2.19. The molecule has 0 aromatic heterocycles.